The summed E-state index contributed by atoms with van der Waals surface area (Å²) in [7, 11) is 0. The maximum Gasteiger partial charge on any atom is 0.237 e. The molecule has 0 saturated carbocycles. The fourth-order valence-electron chi connectivity index (χ4n) is 2.70. The molecule has 1 aliphatic rings. The van der Waals surface area contributed by atoms with Gasteiger partial charge in [-0.25, -0.2) is 0 Å². The lowest BCUT2D eigenvalue weighted by Crippen LogP contribution is -2.44. The van der Waals surface area contributed by atoms with Gasteiger partial charge in [0.05, 0.1) is 17.6 Å². The van der Waals surface area contributed by atoms with Crippen LogP contribution in [-0.4, -0.2) is 42.6 Å². The number of imide groups is 1. The Bertz CT molecular complexity index is 492. The number of alkyl halides is 5. The average Bonchev–Trinajstić information content (AvgIpc) is 2.58. The third-order valence-electron chi connectivity index (χ3n) is 4.56. The van der Waals surface area contributed by atoms with Crippen LogP contribution in [0.4, 0.5) is 0 Å². The summed E-state index contributed by atoms with van der Waals surface area (Å²) in [4.78, 5) is 25.7. The molecule has 140 valence electrons. The van der Waals surface area contributed by atoms with Crippen LogP contribution in [0.2, 0.25) is 0 Å². The SMILES string of the molecule is C[C@@H](C[C@H]1[C@@H](O)C(C)(C)C(=O)N1C(=O)C[C@H](C)C(Cl)(Cl)Cl)C(Cl)Cl. The highest BCUT2D eigenvalue weighted by Crippen LogP contribution is 2.42. The van der Waals surface area contributed by atoms with Crippen molar-refractivity contribution in [2.75, 3.05) is 0 Å². The number of aliphatic hydroxyl groups excluding tert-OH is 1. The van der Waals surface area contributed by atoms with E-state index in [9.17, 15) is 14.7 Å². The molecule has 0 aromatic rings. The lowest BCUT2D eigenvalue weighted by molar-refractivity contribution is -0.147. The monoisotopic (exact) mass is 439 g/mol. The fraction of sp³-hybridized carbons (Fsp3) is 0.867. The van der Waals surface area contributed by atoms with E-state index >= 15 is 0 Å². The van der Waals surface area contributed by atoms with Gasteiger partial charge in [0.1, 0.15) is 4.84 Å². The van der Waals surface area contributed by atoms with Crippen molar-refractivity contribution in [1.82, 2.24) is 4.90 Å². The molecule has 0 spiro atoms. The zero-order valence-corrected chi connectivity index (χ0v) is 17.7. The van der Waals surface area contributed by atoms with Crippen molar-refractivity contribution >= 4 is 69.8 Å². The number of aliphatic hydroxyl groups is 1. The normalized spacial score (nSPS) is 26.8. The number of amides is 2. The number of hydrogen-bond acceptors (Lipinski definition) is 3. The third kappa shape index (κ3) is 4.83. The summed E-state index contributed by atoms with van der Waals surface area (Å²) in [5.74, 6) is -1.73. The summed E-state index contributed by atoms with van der Waals surface area (Å²) in [5.41, 5.74) is -1.09. The molecule has 1 N–H and O–H groups in total. The summed E-state index contributed by atoms with van der Waals surface area (Å²) in [5, 5.41) is 10.6. The number of carbonyl (C=O) groups is 2. The van der Waals surface area contributed by atoms with E-state index in [0.717, 1.165) is 4.90 Å². The van der Waals surface area contributed by atoms with E-state index in [1.807, 2.05) is 0 Å². The minimum atomic E-state index is -1.62. The molecule has 4 atom stereocenters. The van der Waals surface area contributed by atoms with E-state index in [0.29, 0.717) is 6.42 Å². The molecule has 9 heteroatoms. The molecule has 1 heterocycles. The zero-order valence-electron chi connectivity index (χ0n) is 13.9. The first-order valence-corrected chi connectivity index (χ1v) is 9.61. The van der Waals surface area contributed by atoms with Gasteiger partial charge in [0.2, 0.25) is 11.8 Å². The molecule has 4 nitrogen and oxygen atoms in total. The Morgan fingerprint density at radius 2 is 1.79 bits per heavy atom. The first-order valence-electron chi connectivity index (χ1n) is 7.60. The van der Waals surface area contributed by atoms with Crippen LogP contribution in [0.5, 0.6) is 0 Å². The van der Waals surface area contributed by atoms with Crippen molar-refractivity contribution in [2.45, 2.75) is 61.3 Å². The number of hydrogen-bond donors (Lipinski definition) is 1. The van der Waals surface area contributed by atoms with Crippen LogP contribution < -0.4 is 0 Å². The van der Waals surface area contributed by atoms with E-state index in [4.69, 9.17) is 58.0 Å². The first-order chi connectivity index (χ1) is 10.7. The molecule has 0 bridgehead atoms. The van der Waals surface area contributed by atoms with E-state index in [-0.39, 0.29) is 12.3 Å². The molecule has 0 unspecified atom stereocenters. The summed E-state index contributed by atoms with van der Waals surface area (Å²) in [6, 6.07) is -0.711. The third-order valence-corrected chi connectivity index (χ3v) is 6.54. The van der Waals surface area contributed by atoms with Crippen LogP contribution in [-0.2, 0) is 9.59 Å². The van der Waals surface area contributed by atoms with Crippen LogP contribution in [0.1, 0.15) is 40.5 Å². The molecular formula is C15H22Cl5NO3. The lowest BCUT2D eigenvalue weighted by Gasteiger charge is -2.29. The zero-order chi connectivity index (χ0) is 19.0. The molecule has 24 heavy (non-hydrogen) atoms. The van der Waals surface area contributed by atoms with Gasteiger partial charge in [0.15, 0.2) is 3.79 Å². The molecular weight excluding hydrogens is 419 g/mol. The topological polar surface area (TPSA) is 57.6 Å². The van der Waals surface area contributed by atoms with Gasteiger partial charge in [-0.1, -0.05) is 48.7 Å². The number of halogens is 5. The van der Waals surface area contributed by atoms with Gasteiger partial charge < -0.3 is 5.11 Å². The quantitative estimate of drug-likeness (QED) is 0.646. The predicted octanol–water partition coefficient (Wildman–Crippen LogP) is 4.34. The van der Waals surface area contributed by atoms with Gasteiger partial charge in [-0.2, -0.15) is 0 Å². The molecule has 1 aliphatic heterocycles. The minimum absolute atomic E-state index is 0.124. The second kappa shape index (κ2) is 8.06. The van der Waals surface area contributed by atoms with Crippen LogP contribution >= 0.6 is 58.0 Å². The van der Waals surface area contributed by atoms with Gasteiger partial charge in [0, 0.05) is 12.3 Å². The van der Waals surface area contributed by atoms with Crippen LogP contribution in [0.15, 0.2) is 0 Å². The van der Waals surface area contributed by atoms with Crippen molar-refractivity contribution in [3.8, 4) is 0 Å². The van der Waals surface area contributed by atoms with Crippen LogP contribution in [0.3, 0.4) is 0 Å². The molecule has 0 aliphatic carbocycles. The highest BCUT2D eigenvalue weighted by Gasteiger charge is 2.55. The lowest BCUT2D eigenvalue weighted by atomic mass is 9.84. The number of nitrogens with zero attached hydrogens (tertiary/aromatic N) is 1. The standard InChI is InChI=1S/C15H22Cl5NO3/c1-7(12(16)17)5-9-11(23)14(3,4)13(24)21(9)10(22)6-8(2)15(18,19)20/h7-9,11-12,23H,5-6H2,1-4H3/t7-,8-,9-,11+/m0/s1. The van der Waals surface area contributed by atoms with Crippen molar-refractivity contribution in [2.24, 2.45) is 17.3 Å². The highest BCUT2D eigenvalue weighted by atomic mass is 35.6. The Hall–Kier alpha value is 0.550. The van der Waals surface area contributed by atoms with Gasteiger partial charge >= 0.3 is 0 Å². The average molecular weight is 442 g/mol. The van der Waals surface area contributed by atoms with Crippen molar-refractivity contribution in [1.29, 1.82) is 0 Å². The summed E-state index contributed by atoms with van der Waals surface area (Å²) in [6.45, 7) is 6.60. The number of rotatable bonds is 5. The maximum absolute atomic E-state index is 12.7. The molecule has 1 saturated heterocycles. The first kappa shape index (κ1) is 22.6. The number of carbonyl (C=O) groups excluding carboxylic acids is 2. The Labute approximate surface area is 167 Å². The molecule has 2 amide bonds. The van der Waals surface area contributed by atoms with Crippen molar-refractivity contribution in [3.63, 3.8) is 0 Å². The van der Waals surface area contributed by atoms with Gasteiger partial charge in [-0.05, 0) is 26.2 Å². The molecule has 0 radical (unpaired) electrons. The fourth-order valence-corrected chi connectivity index (χ4v) is 3.14. The summed E-state index contributed by atoms with van der Waals surface area (Å²) >= 11 is 29.2. The highest BCUT2D eigenvalue weighted by molar-refractivity contribution is 6.67. The minimum Gasteiger partial charge on any atom is -0.390 e. The Morgan fingerprint density at radius 1 is 1.29 bits per heavy atom. The van der Waals surface area contributed by atoms with Crippen molar-refractivity contribution in [3.05, 3.63) is 0 Å². The van der Waals surface area contributed by atoms with E-state index in [1.54, 1.807) is 27.7 Å². The number of likely N-dealkylation sites (tertiary alicyclic amines) is 1. The summed E-state index contributed by atoms with van der Waals surface area (Å²) in [6.07, 6.45) is -0.852. The van der Waals surface area contributed by atoms with Gasteiger partial charge in [-0.3, -0.25) is 14.5 Å². The molecule has 0 aromatic carbocycles. The summed E-state index contributed by atoms with van der Waals surface area (Å²) < 4.78 is -1.62. The van der Waals surface area contributed by atoms with E-state index < -0.39 is 43.9 Å². The Kier molecular flexibility index (Phi) is 7.58. The van der Waals surface area contributed by atoms with Gasteiger partial charge in [-0.15, -0.1) is 23.2 Å². The Balaban J connectivity index is 3.06. The van der Waals surface area contributed by atoms with Crippen LogP contribution in [0.25, 0.3) is 0 Å². The molecule has 1 rings (SSSR count). The smallest absolute Gasteiger partial charge is 0.237 e. The Morgan fingerprint density at radius 3 is 2.21 bits per heavy atom. The second-order valence-corrected chi connectivity index (χ2v) is 10.5. The van der Waals surface area contributed by atoms with Crippen LogP contribution in [0, 0.1) is 17.3 Å². The predicted molar refractivity (Wildman–Crippen MR) is 98.8 cm³/mol. The maximum atomic E-state index is 12.7. The largest absolute Gasteiger partial charge is 0.390 e. The van der Waals surface area contributed by atoms with Gasteiger partial charge in [0.25, 0.3) is 0 Å². The van der Waals surface area contributed by atoms with E-state index in [2.05, 4.69) is 0 Å². The molecule has 1 fully saturated rings. The second-order valence-electron chi connectivity index (χ2n) is 7.00. The van der Waals surface area contributed by atoms with Crippen molar-refractivity contribution < 1.29 is 14.7 Å². The van der Waals surface area contributed by atoms with E-state index in [1.165, 1.54) is 0 Å². The molecule has 0 aromatic heterocycles.